The van der Waals surface area contributed by atoms with Gasteiger partial charge in [-0.05, 0) is 55.6 Å². The molecule has 30 heavy (non-hydrogen) atoms. The summed E-state index contributed by atoms with van der Waals surface area (Å²) in [6, 6.07) is 17.1. The van der Waals surface area contributed by atoms with E-state index in [9.17, 15) is 9.90 Å². The lowest BCUT2D eigenvalue weighted by molar-refractivity contribution is -0.132. The van der Waals surface area contributed by atoms with Crippen LogP contribution in [0.2, 0.25) is 0 Å². The predicted octanol–water partition coefficient (Wildman–Crippen LogP) is 3.53. The molecule has 6 nitrogen and oxygen atoms in total. The lowest BCUT2D eigenvalue weighted by atomic mass is 10.0. The van der Waals surface area contributed by atoms with Crippen molar-refractivity contribution in [2.24, 2.45) is 5.92 Å². The molecule has 0 heterocycles. The van der Waals surface area contributed by atoms with Gasteiger partial charge in [0.2, 0.25) is 0 Å². The number of ether oxygens (including phenoxy) is 1. The normalized spacial score (nSPS) is 11.5. The summed E-state index contributed by atoms with van der Waals surface area (Å²) in [5.74, 6) is 1.26. The van der Waals surface area contributed by atoms with E-state index in [1.165, 1.54) is 0 Å². The Bertz CT molecular complexity index is 709. The molecule has 0 aromatic heterocycles. The van der Waals surface area contributed by atoms with Crippen molar-refractivity contribution >= 4 is 18.3 Å². The highest BCUT2D eigenvalue weighted by molar-refractivity contribution is 5.85. The van der Waals surface area contributed by atoms with E-state index in [1.807, 2.05) is 68.4 Å². The van der Waals surface area contributed by atoms with Crippen LogP contribution < -0.4 is 20.4 Å². The highest BCUT2D eigenvalue weighted by Crippen LogP contribution is 2.13. The van der Waals surface area contributed by atoms with E-state index in [4.69, 9.17) is 9.57 Å². The summed E-state index contributed by atoms with van der Waals surface area (Å²) in [7, 11) is 0. The molecule has 7 heteroatoms. The largest absolute Gasteiger partial charge is 0.491 e. The molecule has 0 spiro atoms. The lowest BCUT2D eigenvalue weighted by Crippen LogP contribution is -2.33. The fourth-order valence-electron chi connectivity index (χ4n) is 2.85. The zero-order chi connectivity index (χ0) is 20.9. The van der Waals surface area contributed by atoms with Gasteiger partial charge in [-0.25, -0.2) is 0 Å². The minimum atomic E-state index is -0.565. The molecule has 0 aliphatic heterocycles. The summed E-state index contributed by atoms with van der Waals surface area (Å²) in [6.07, 6.45) is 1.85. The van der Waals surface area contributed by atoms with Gasteiger partial charge in [-0.15, -0.1) is 12.4 Å². The van der Waals surface area contributed by atoms with Crippen LogP contribution >= 0.6 is 12.4 Å². The number of hydrogen-bond acceptors (Lipinski definition) is 5. The van der Waals surface area contributed by atoms with Gasteiger partial charge < -0.3 is 20.0 Å². The Hall–Kier alpha value is -2.28. The van der Waals surface area contributed by atoms with Crippen molar-refractivity contribution in [2.45, 2.75) is 39.2 Å². The molecule has 1 unspecified atom stereocenters. The van der Waals surface area contributed by atoms with Gasteiger partial charge in [0.25, 0.3) is 5.91 Å². The Morgan fingerprint density at radius 1 is 1.00 bits per heavy atom. The Labute approximate surface area is 185 Å². The van der Waals surface area contributed by atoms with Crippen LogP contribution in [0.1, 0.15) is 32.3 Å². The highest BCUT2D eigenvalue weighted by atomic mass is 35.5. The third-order valence-corrected chi connectivity index (χ3v) is 4.71. The second kappa shape index (κ2) is 14.7. The summed E-state index contributed by atoms with van der Waals surface area (Å²) in [6.45, 7) is 5.45. The first kappa shape index (κ1) is 25.8. The molecule has 0 saturated heterocycles. The Kier molecular flexibility index (Phi) is 12.6. The number of hydroxylamine groups is 1. The summed E-state index contributed by atoms with van der Waals surface area (Å²) >= 11 is 0. The van der Waals surface area contributed by atoms with Crippen LogP contribution in [-0.2, 0) is 11.2 Å². The molecule has 1 amide bonds. The monoisotopic (exact) mass is 436 g/mol. The van der Waals surface area contributed by atoms with E-state index >= 15 is 0 Å². The van der Waals surface area contributed by atoms with Crippen LogP contribution in [0.5, 0.6) is 11.5 Å². The van der Waals surface area contributed by atoms with Gasteiger partial charge in [0, 0.05) is 12.5 Å². The second-order valence-corrected chi connectivity index (χ2v) is 6.96. The number of rotatable bonds is 13. The molecule has 0 aliphatic carbocycles. The van der Waals surface area contributed by atoms with Crippen molar-refractivity contribution in [1.29, 1.82) is 0 Å². The van der Waals surface area contributed by atoms with Crippen LogP contribution in [0.15, 0.2) is 54.6 Å². The van der Waals surface area contributed by atoms with Gasteiger partial charge in [0.15, 0.2) is 5.75 Å². The van der Waals surface area contributed by atoms with E-state index in [-0.39, 0.29) is 30.8 Å². The van der Waals surface area contributed by atoms with Gasteiger partial charge in [-0.2, -0.15) is 5.48 Å². The molecule has 3 N–H and O–H groups in total. The SMILES string of the molecule is CCC(CC)C(=O)NOc1ccc(CCNCC(O)COc2ccccc2)cc1.Cl. The molecule has 0 bridgehead atoms. The average Bonchev–Trinajstić information content (AvgIpc) is 2.76. The third kappa shape index (κ3) is 9.48. The number of halogens is 1. The second-order valence-electron chi connectivity index (χ2n) is 6.96. The van der Waals surface area contributed by atoms with Gasteiger partial charge in [0.1, 0.15) is 18.5 Å². The number of para-hydroxylation sites is 1. The molecule has 1 atom stereocenters. The van der Waals surface area contributed by atoms with Crippen molar-refractivity contribution < 1.29 is 19.5 Å². The number of amides is 1. The van der Waals surface area contributed by atoms with Crippen LogP contribution in [0.3, 0.4) is 0 Å². The fourth-order valence-corrected chi connectivity index (χ4v) is 2.85. The van der Waals surface area contributed by atoms with Crippen molar-refractivity contribution in [2.75, 3.05) is 19.7 Å². The van der Waals surface area contributed by atoms with E-state index in [0.29, 0.717) is 12.3 Å². The third-order valence-electron chi connectivity index (χ3n) is 4.71. The first-order chi connectivity index (χ1) is 14.1. The van der Waals surface area contributed by atoms with E-state index < -0.39 is 6.10 Å². The number of carbonyl (C=O) groups excluding carboxylic acids is 1. The number of nitrogens with one attached hydrogen (secondary N) is 2. The molecule has 2 aromatic rings. The van der Waals surface area contributed by atoms with Gasteiger partial charge in [-0.1, -0.05) is 44.2 Å². The number of aliphatic hydroxyl groups is 1. The molecule has 0 radical (unpaired) electrons. The average molecular weight is 437 g/mol. The topological polar surface area (TPSA) is 79.8 Å². The highest BCUT2D eigenvalue weighted by Gasteiger charge is 2.14. The lowest BCUT2D eigenvalue weighted by Gasteiger charge is -2.14. The number of benzene rings is 2. The maximum Gasteiger partial charge on any atom is 0.255 e. The summed E-state index contributed by atoms with van der Waals surface area (Å²) in [5, 5.41) is 13.2. The zero-order valence-electron chi connectivity index (χ0n) is 17.7. The maximum absolute atomic E-state index is 11.9. The minimum absolute atomic E-state index is 0. The molecule has 0 aliphatic rings. The molecule has 0 saturated carbocycles. The van der Waals surface area contributed by atoms with Crippen molar-refractivity contribution in [1.82, 2.24) is 10.8 Å². The first-order valence-corrected chi connectivity index (χ1v) is 10.2. The van der Waals surface area contributed by atoms with E-state index in [0.717, 1.165) is 37.1 Å². The molecule has 2 aromatic carbocycles. The van der Waals surface area contributed by atoms with Crippen LogP contribution in [0, 0.1) is 5.92 Å². The predicted molar refractivity (Wildman–Crippen MR) is 121 cm³/mol. The number of hydrogen-bond donors (Lipinski definition) is 3. The number of carbonyl (C=O) groups is 1. The Balaban J connectivity index is 0.00000450. The fraction of sp³-hybridized carbons (Fsp3) is 0.435. The quantitative estimate of drug-likeness (QED) is 0.330. The Morgan fingerprint density at radius 2 is 1.67 bits per heavy atom. The summed E-state index contributed by atoms with van der Waals surface area (Å²) in [5.41, 5.74) is 3.66. The van der Waals surface area contributed by atoms with Crippen LogP contribution in [-0.4, -0.2) is 36.8 Å². The molecular weight excluding hydrogens is 404 g/mol. The zero-order valence-corrected chi connectivity index (χ0v) is 18.5. The number of aliphatic hydroxyl groups excluding tert-OH is 1. The molecular formula is C23H33ClN2O4. The first-order valence-electron chi connectivity index (χ1n) is 10.2. The van der Waals surface area contributed by atoms with E-state index in [2.05, 4.69) is 10.8 Å². The summed E-state index contributed by atoms with van der Waals surface area (Å²) < 4.78 is 5.53. The summed E-state index contributed by atoms with van der Waals surface area (Å²) in [4.78, 5) is 17.3. The maximum atomic E-state index is 11.9. The minimum Gasteiger partial charge on any atom is -0.491 e. The van der Waals surface area contributed by atoms with Gasteiger partial charge in [0.05, 0.1) is 0 Å². The van der Waals surface area contributed by atoms with Crippen LogP contribution in [0.25, 0.3) is 0 Å². The molecule has 0 fully saturated rings. The molecule has 2 rings (SSSR count). The van der Waals surface area contributed by atoms with Crippen molar-refractivity contribution in [3.63, 3.8) is 0 Å². The van der Waals surface area contributed by atoms with Crippen molar-refractivity contribution in [3.05, 3.63) is 60.2 Å². The van der Waals surface area contributed by atoms with Crippen molar-refractivity contribution in [3.8, 4) is 11.5 Å². The Morgan fingerprint density at radius 3 is 2.30 bits per heavy atom. The standard InChI is InChI=1S/C23H32N2O4.ClH/c1-3-19(4-2)23(27)25-29-22-12-10-18(11-13-22)14-15-24-16-20(26)17-28-21-8-6-5-7-9-21;/h5-13,19-20,24,26H,3-4,14-17H2,1-2H3,(H,25,27);1H. The van der Waals surface area contributed by atoms with Crippen LogP contribution in [0.4, 0.5) is 0 Å². The van der Waals surface area contributed by atoms with Gasteiger partial charge >= 0.3 is 0 Å². The smallest absolute Gasteiger partial charge is 0.255 e. The molecule has 166 valence electrons. The van der Waals surface area contributed by atoms with E-state index in [1.54, 1.807) is 0 Å². The van der Waals surface area contributed by atoms with Gasteiger partial charge in [-0.3, -0.25) is 4.79 Å².